The van der Waals surface area contributed by atoms with Crippen LogP contribution in [0.3, 0.4) is 0 Å². The Morgan fingerprint density at radius 2 is 2.05 bits per heavy atom. The predicted octanol–water partition coefficient (Wildman–Crippen LogP) is 3.17. The zero-order valence-electron chi connectivity index (χ0n) is 10.4. The first kappa shape index (κ1) is 14.0. The Morgan fingerprint density at radius 3 is 2.70 bits per heavy atom. The minimum Gasteiger partial charge on any atom is -0.347 e. The number of aromatic nitrogens is 1. The van der Waals surface area contributed by atoms with Crippen molar-refractivity contribution in [3.8, 4) is 0 Å². The molecule has 104 valence electrons. The van der Waals surface area contributed by atoms with Crippen LogP contribution in [0.1, 0.15) is 16.1 Å². The van der Waals surface area contributed by atoms with E-state index in [-0.39, 0.29) is 17.8 Å². The molecule has 0 radical (unpaired) electrons. The number of amides is 1. The molecule has 0 saturated heterocycles. The van der Waals surface area contributed by atoms with E-state index in [9.17, 15) is 18.0 Å². The molecule has 2 rings (SSSR count). The number of fused-ring (bicyclic) bond motifs is 1. The molecule has 0 fully saturated rings. The van der Waals surface area contributed by atoms with E-state index < -0.39 is 17.6 Å². The SMILES string of the molecule is C=CCNC(=O)c1ccc2cccc(C(F)(F)F)c2n1. The molecule has 0 aliphatic heterocycles. The van der Waals surface area contributed by atoms with Crippen molar-refractivity contribution in [1.82, 2.24) is 10.3 Å². The number of rotatable bonds is 3. The zero-order chi connectivity index (χ0) is 14.8. The fourth-order valence-corrected chi connectivity index (χ4v) is 1.76. The summed E-state index contributed by atoms with van der Waals surface area (Å²) in [6.07, 6.45) is -3.04. The van der Waals surface area contributed by atoms with Crippen molar-refractivity contribution in [2.24, 2.45) is 0 Å². The Hall–Kier alpha value is -2.37. The lowest BCUT2D eigenvalue weighted by Crippen LogP contribution is -2.24. The molecule has 1 aromatic heterocycles. The summed E-state index contributed by atoms with van der Waals surface area (Å²) in [4.78, 5) is 15.5. The first-order valence-electron chi connectivity index (χ1n) is 5.79. The number of hydrogen-bond acceptors (Lipinski definition) is 2. The van der Waals surface area contributed by atoms with E-state index in [2.05, 4.69) is 16.9 Å². The third kappa shape index (κ3) is 2.79. The standard InChI is InChI=1S/C14H11F3N2O/c1-2-8-18-13(20)11-7-6-9-4-3-5-10(12(9)19-11)14(15,16)17/h2-7H,1,8H2,(H,18,20). The molecular weight excluding hydrogens is 269 g/mol. The van der Waals surface area contributed by atoms with Gasteiger partial charge >= 0.3 is 6.18 Å². The first-order valence-corrected chi connectivity index (χ1v) is 5.79. The molecule has 3 nitrogen and oxygen atoms in total. The monoisotopic (exact) mass is 280 g/mol. The fraction of sp³-hybridized carbons (Fsp3) is 0.143. The lowest BCUT2D eigenvalue weighted by Gasteiger charge is -2.10. The van der Waals surface area contributed by atoms with Gasteiger partial charge in [0.05, 0.1) is 11.1 Å². The Bertz CT molecular complexity index is 665. The number of alkyl halides is 3. The average molecular weight is 280 g/mol. The van der Waals surface area contributed by atoms with E-state index in [1.807, 2.05) is 0 Å². The summed E-state index contributed by atoms with van der Waals surface area (Å²) in [5.74, 6) is -0.538. The maximum absolute atomic E-state index is 12.9. The number of carbonyl (C=O) groups excluding carboxylic acids is 1. The predicted molar refractivity (Wildman–Crippen MR) is 69.3 cm³/mol. The molecule has 0 atom stereocenters. The summed E-state index contributed by atoms with van der Waals surface area (Å²) in [5.41, 5.74) is -1.14. The van der Waals surface area contributed by atoms with E-state index in [1.54, 1.807) is 0 Å². The number of nitrogens with zero attached hydrogens (tertiary/aromatic N) is 1. The number of benzene rings is 1. The molecule has 0 aliphatic carbocycles. The second-order valence-electron chi connectivity index (χ2n) is 4.07. The van der Waals surface area contributed by atoms with E-state index in [0.717, 1.165) is 6.07 Å². The number of carbonyl (C=O) groups is 1. The van der Waals surface area contributed by atoms with Crippen molar-refractivity contribution in [2.75, 3.05) is 6.54 Å². The highest BCUT2D eigenvalue weighted by molar-refractivity contribution is 5.95. The van der Waals surface area contributed by atoms with Gasteiger partial charge in [0.2, 0.25) is 0 Å². The number of nitrogens with one attached hydrogen (secondary N) is 1. The number of halogens is 3. The van der Waals surface area contributed by atoms with Gasteiger partial charge < -0.3 is 5.32 Å². The highest BCUT2D eigenvalue weighted by atomic mass is 19.4. The molecule has 0 saturated carbocycles. The summed E-state index contributed by atoms with van der Waals surface area (Å²) in [7, 11) is 0. The Balaban J connectivity index is 2.52. The second-order valence-corrected chi connectivity index (χ2v) is 4.07. The van der Waals surface area contributed by atoms with E-state index in [4.69, 9.17) is 0 Å². The molecule has 0 spiro atoms. The summed E-state index contributed by atoms with van der Waals surface area (Å²) in [6.45, 7) is 3.66. The van der Waals surface area contributed by atoms with Crippen LogP contribution in [0.25, 0.3) is 10.9 Å². The Labute approximate surface area is 113 Å². The van der Waals surface area contributed by atoms with Crippen molar-refractivity contribution >= 4 is 16.8 Å². The van der Waals surface area contributed by atoms with Crippen LogP contribution in [0.4, 0.5) is 13.2 Å². The van der Waals surface area contributed by atoms with Gasteiger partial charge in [-0.2, -0.15) is 13.2 Å². The lowest BCUT2D eigenvalue weighted by molar-refractivity contribution is -0.136. The van der Waals surface area contributed by atoms with Crippen molar-refractivity contribution in [1.29, 1.82) is 0 Å². The summed E-state index contributed by atoms with van der Waals surface area (Å²) in [6, 6.07) is 6.61. The van der Waals surface area contributed by atoms with Gasteiger partial charge in [-0.3, -0.25) is 4.79 Å². The molecule has 0 bridgehead atoms. The normalized spacial score (nSPS) is 11.3. The highest BCUT2D eigenvalue weighted by Crippen LogP contribution is 2.33. The summed E-state index contributed by atoms with van der Waals surface area (Å²) >= 11 is 0. The van der Waals surface area contributed by atoms with Crippen molar-refractivity contribution in [3.05, 3.63) is 54.2 Å². The van der Waals surface area contributed by atoms with Gasteiger partial charge in [-0.25, -0.2) is 4.98 Å². The molecular formula is C14H11F3N2O. The Morgan fingerprint density at radius 1 is 1.30 bits per heavy atom. The first-order chi connectivity index (χ1) is 9.43. The van der Waals surface area contributed by atoms with E-state index in [0.29, 0.717) is 5.39 Å². The van der Waals surface area contributed by atoms with Crippen LogP contribution < -0.4 is 5.32 Å². The van der Waals surface area contributed by atoms with Crippen LogP contribution in [-0.2, 0) is 6.18 Å². The molecule has 0 unspecified atom stereocenters. The van der Waals surface area contributed by atoms with Crippen LogP contribution >= 0.6 is 0 Å². The smallest absolute Gasteiger partial charge is 0.347 e. The van der Waals surface area contributed by atoms with Gasteiger partial charge in [0.1, 0.15) is 5.69 Å². The lowest BCUT2D eigenvalue weighted by atomic mass is 10.1. The molecule has 20 heavy (non-hydrogen) atoms. The van der Waals surface area contributed by atoms with Crippen molar-refractivity contribution < 1.29 is 18.0 Å². The molecule has 1 heterocycles. The third-order valence-corrected chi connectivity index (χ3v) is 2.67. The minimum atomic E-state index is -4.51. The van der Waals surface area contributed by atoms with Gasteiger partial charge in [0, 0.05) is 11.9 Å². The molecule has 1 N–H and O–H groups in total. The summed E-state index contributed by atoms with van der Waals surface area (Å²) in [5, 5.41) is 2.80. The number of hydrogen-bond donors (Lipinski definition) is 1. The fourth-order valence-electron chi connectivity index (χ4n) is 1.76. The van der Waals surface area contributed by atoms with Crippen LogP contribution in [0.5, 0.6) is 0 Å². The third-order valence-electron chi connectivity index (χ3n) is 2.67. The number of pyridine rings is 1. The van der Waals surface area contributed by atoms with Gasteiger partial charge in [0.15, 0.2) is 0 Å². The molecule has 6 heteroatoms. The van der Waals surface area contributed by atoms with E-state index >= 15 is 0 Å². The highest BCUT2D eigenvalue weighted by Gasteiger charge is 2.33. The zero-order valence-corrected chi connectivity index (χ0v) is 10.4. The molecule has 0 aliphatic rings. The van der Waals surface area contributed by atoms with Crippen LogP contribution in [0.15, 0.2) is 43.0 Å². The summed E-state index contributed by atoms with van der Waals surface area (Å²) < 4.78 is 38.7. The maximum Gasteiger partial charge on any atom is 0.418 e. The second kappa shape index (κ2) is 5.32. The number of para-hydroxylation sites is 1. The van der Waals surface area contributed by atoms with Gasteiger partial charge in [-0.1, -0.05) is 24.3 Å². The van der Waals surface area contributed by atoms with Gasteiger partial charge in [0.25, 0.3) is 5.91 Å². The quantitative estimate of drug-likeness (QED) is 0.877. The Kier molecular flexibility index (Phi) is 3.74. The molecule has 1 amide bonds. The molecule has 1 aromatic carbocycles. The minimum absolute atomic E-state index is 0.0592. The van der Waals surface area contributed by atoms with Crippen molar-refractivity contribution in [2.45, 2.75) is 6.18 Å². The molecule has 2 aromatic rings. The van der Waals surface area contributed by atoms with Crippen LogP contribution in [-0.4, -0.2) is 17.4 Å². The maximum atomic E-state index is 12.9. The van der Waals surface area contributed by atoms with Gasteiger partial charge in [-0.05, 0) is 12.1 Å². The van der Waals surface area contributed by atoms with Crippen LogP contribution in [0, 0.1) is 0 Å². The van der Waals surface area contributed by atoms with Gasteiger partial charge in [-0.15, -0.1) is 6.58 Å². The average Bonchev–Trinajstić information content (AvgIpc) is 2.42. The topological polar surface area (TPSA) is 42.0 Å². The largest absolute Gasteiger partial charge is 0.418 e. The van der Waals surface area contributed by atoms with Crippen molar-refractivity contribution in [3.63, 3.8) is 0 Å². The van der Waals surface area contributed by atoms with Crippen LogP contribution in [0.2, 0.25) is 0 Å². The van der Waals surface area contributed by atoms with E-state index in [1.165, 1.54) is 30.3 Å².